The van der Waals surface area contributed by atoms with Crippen LogP contribution in [-0.2, 0) is 0 Å². The molecule has 0 aromatic carbocycles. The number of aromatic nitrogens is 2. The summed E-state index contributed by atoms with van der Waals surface area (Å²) in [6.07, 6.45) is 9.61. The molecule has 2 aliphatic rings. The topological polar surface area (TPSA) is 32.3 Å². The zero-order valence-corrected chi connectivity index (χ0v) is 11.9. The van der Waals surface area contributed by atoms with E-state index in [1.807, 2.05) is 6.20 Å². The summed E-state index contributed by atoms with van der Waals surface area (Å²) in [5, 5.41) is 0. The highest BCUT2D eigenvalue weighted by Gasteiger charge is 2.24. The Kier molecular flexibility index (Phi) is 3.85. The van der Waals surface area contributed by atoms with Crippen LogP contribution in [0.1, 0.15) is 45.4 Å². The normalized spacial score (nSPS) is 23.9. The van der Waals surface area contributed by atoms with Crippen LogP contribution in [0, 0.1) is 0 Å². The smallest absolute Gasteiger partial charge is 0.227 e. The van der Waals surface area contributed by atoms with Crippen molar-refractivity contribution in [3.63, 3.8) is 0 Å². The Labute approximate surface area is 115 Å². The lowest BCUT2D eigenvalue weighted by Crippen LogP contribution is -2.40. The number of piperidine rings is 1. The molecule has 0 saturated carbocycles. The van der Waals surface area contributed by atoms with Gasteiger partial charge in [-0.1, -0.05) is 6.92 Å². The van der Waals surface area contributed by atoms with E-state index in [2.05, 4.69) is 27.8 Å². The van der Waals surface area contributed by atoms with Crippen LogP contribution in [0.3, 0.4) is 0 Å². The molecule has 0 radical (unpaired) electrons. The van der Waals surface area contributed by atoms with Gasteiger partial charge in [-0.2, -0.15) is 4.98 Å². The molecular weight excluding hydrogens is 236 g/mol. The van der Waals surface area contributed by atoms with E-state index in [0.29, 0.717) is 6.04 Å². The molecule has 0 amide bonds. The van der Waals surface area contributed by atoms with E-state index in [1.165, 1.54) is 38.5 Å². The van der Waals surface area contributed by atoms with Gasteiger partial charge in [0.1, 0.15) is 5.82 Å². The van der Waals surface area contributed by atoms with Crippen LogP contribution in [0.2, 0.25) is 0 Å². The molecule has 2 fully saturated rings. The molecule has 104 valence electrons. The van der Waals surface area contributed by atoms with E-state index in [1.54, 1.807) is 0 Å². The maximum absolute atomic E-state index is 4.82. The first kappa shape index (κ1) is 12.7. The predicted molar refractivity (Wildman–Crippen MR) is 78.8 cm³/mol. The van der Waals surface area contributed by atoms with E-state index in [-0.39, 0.29) is 0 Å². The second kappa shape index (κ2) is 5.76. The maximum Gasteiger partial charge on any atom is 0.227 e. The third-order valence-electron chi connectivity index (χ3n) is 4.41. The van der Waals surface area contributed by atoms with Crippen molar-refractivity contribution in [1.82, 2.24) is 9.97 Å². The van der Waals surface area contributed by atoms with Crippen LogP contribution in [-0.4, -0.2) is 35.6 Å². The quantitative estimate of drug-likeness (QED) is 0.836. The molecule has 3 heterocycles. The van der Waals surface area contributed by atoms with Gasteiger partial charge in [-0.3, -0.25) is 0 Å². The summed E-state index contributed by atoms with van der Waals surface area (Å²) in [6, 6.07) is 2.68. The standard InChI is InChI=1S/C15H24N4/c1-2-13-7-3-4-12-19(13)15-16-9-8-14(17-15)18-10-5-6-11-18/h8-9,13H,2-7,10-12H2,1H3. The Balaban J connectivity index is 1.81. The van der Waals surface area contributed by atoms with Gasteiger partial charge in [0.05, 0.1) is 0 Å². The number of rotatable bonds is 3. The Hall–Kier alpha value is -1.32. The minimum atomic E-state index is 0.627. The van der Waals surface area contributed by atoms with Crippen LogP contribution in [0.15, 0.2) is 12.3 Å². The van der Waals surface area contributed by atoms with Crippen LogP contribution >= 0.6 is 0 Å². The van der Waals surface area contributed by atoms with E-state index in [4.69, 9.17) is 4.98 Å². The molecule has 1 atom stereocenters. The first-order chi connectivity index (χ1) is 9.38. The maximum atomic E-state index is 4.82. The number of hydrogen-bond donors (Lipinski definition) is 0. The second-order valence-corrected chi connectivity index (χ2v) is 5.66. The summed E-state index contributed by atoms with van der Waals surface area (Å²) in [5.41, 5.74) is 0. The van der Waals surface area contributed by atoms with Crippen molar-refractivity contribution >= 4 is 11.8 Å². The third-order valence-corrected chi connectivity index (χ3v) is 4.41. The molecule has 19 heavy (non-hydrogen) atoms. The third kappa shape index (κ3) is 2.67. The molecule has 1 unspecified atom stereocenters. The summed E-state index contributed by atoms with van der Waals surface area (Å²) in [7, 11) is 0. The van der Waals surface area contributed by atoms with Crippen molar-refractivity contribution in [1.29, 1.82) is 0 Å². The molecule has 0 aliphatic carbocycles. The monoisotopic (exact) mass is 260 g/mol. The van der Waals surface area contributed by atoms with Gasteiger partial charge in [0, 0.05) is 31.9 Å². The molecule has 1 aromatic heterocycles. The van der Waals surface area contributed by atoms with Gasteiger partial charge in [0.2, 0.25) is 5.95 Å². The number of anilines is 2. The minimum absolute atomic E-state index is 0.627. The summed E-state index contributed by atoms with van der Waals surface area (Å²) >= 11 is 0. The van der Waals surface area contributed by atoms with Crippen molar-refractivity contribution in [2.75, 3.05) is 29.4 Å². The van der Waals surface area contributed by atoms with Gasteiger partial charge in [-0.15, -0.1) is 0 Å². The van der Waals surface area contributed by atoms with Crippen LogP contribution in [0.25, 0.3) is 0 Å². The van der Waals surface area contributed by atoms with Gasteiger partial charge >= 0.3 is 0 Å². The van der Waals surface area contributed by atoms with Crippen LogP contribution in [0.4, 0.5) is 11.8 Å². The lowest BCUT2D eigenvalue weighted by atomic mass is 10.0. The highest BCUT2D eigenvalue weighted by molar-refractivity contribution is 5.45. The lowest BCUT2D eigenvalue weighted by molar-refractivity contribution is 0.443. The zero-order chi connectivity index (χ0) is 13.1. The molecule has 0 bridgehead atoms. The summed E-state index contributed by atoms with van der Waals surface area (Å²) < 4.78 is 0. The Morgan fingerprint density at radius 2 is 1.95 bits per heavy atom. The van der Waals surface area contributed by atoms with E-state index >= 15 is 0 Å². The van der Waals surface area contributed by atoms with Gasteiger partial charge in [0.15, 0.2) is 0 Å². The Bertz CT molecular complexity index is 414. The molecule has 0 N–H and O–H groups in total. The van der Waals surface area contributed by atoms with Crippen molar-refractivity contribution < 1.29 is 0 Å². The first-order valence-electron chi connectivity index (χ1n) is 7.73. The van der Waals surface area contributed by atoms with Crippen LogP contribution in [0.5, 0.6) is 0 Å². The fourth-order valence-electron chi connectivity index (χ4n) is 3.29. The van der Waals surface area contributed by atoms with Gasteiger partial charge < -0.3 is 9.80 Å². The van der Waals surface area contributed by atoms with E-state index in [0.717, 1.165) is 31.4 Å². The molecule has 1 aromatic rings. The molecule has 4 nitrogen and oxygen atoms in total. The SMILES string of the molecule is CCC1CCCCN1c1nccc(N2CCCC2)n1. The Morgan fingerprint density at radius 3 is 2.74 bits per heavy atom. The average molecular weight is 260 g/mol. The Morgan fingerprint density at radius 1 is 1.16 bits per heavy atom. The fraction of sp³-hybridized carbons (Fsp3) is 0.733. The largest absolute Gasteiger partial charge is 0.356 e. The minimum Gasteiger partial charge on any atom is -0.356 e. The number of hydrogen-bond acceptors (Lipinski definition) is 4. The van der Waals surface area contributed by atoms with Crippen molar-refractivity contribution in [2.24, 2.45) is 0 Å². The summed E-state index contributed by atoms with van der Waals surface area (Å²) in [6.45, 7) is 5.68. The van der Waals surface area contributed by atoms with E-state index in [9.17, 15) is 0 Å². The highest BCUT2D eigenvalue weighted by atomic mass is 15.3. The lowest BCUT2D eigenvalue weighted by Gasteiger charge is -2.35. The zero-order valence-electron chi connectivity index (χ0n) is 11.9. The molecule has 2 aliphatic heterocycles. The second-order valence-electron chi connectivity index (χ2n) is 5.66. The summed E-state index contributed by atoms with van der Waals surface area (Å²) in [4.78, 5) is 14.1. The molecular formula is C15H24N4. The molecule has 0 spiro atoms. The highest BCUT2D eigenvalue weighted by Crippen LogP contribution is 2.25. The number of nitrogens with zero attached hydrogens (tertiary/aromatic N) is 4. The van der Waals surface area contributed by atoms with Gasteiger partial charge in [-0.05, 0) is 44.6 Å². The van der Waals surface area contributed by atoms with E-state index < -0.39 is 0 Å². The van der Waals surface area contributed by atoms with Crippen molar-refractivity contribution in [3.05, 3.63) is 12.3 Å². The molecule has 3 rings (SSSR count). The van der Waals surface area contributed by atoms with Crippen molar-refractivity contribution in [3.8, 4) is 0 Å². The van der Waals surface area contributed by atoms with Crippen LogP contribution < -0.4 is 9.80 Å². The fourth-order valence-corrected chi connectivity index (χ4v) is 3.29. The first-order valence-corrected chi connectivity index (χ1v) is 7.73. The predicted octanol–water partition coefficient (Wildman–Crippen LogP) is 2.85. The van der Waals surface area contributed by atoms with Gasteiger partial charge in [-0.25, -0.2) is 4.98 Å². The summed E-state index contributed by atoms with van der Waals surface area (Å²) in [5.74, 6) is 2.05. The van der Waals surface area contributed by atoms with Gasteiger partial charge in [0.25, 0.3) is 0 Å². The average Bonchev–Trinajstić information content (AvgIpc) is 3.01. The molecule has 4 heteroatoms. The molecule has 2 saturated heterocycles. The van der Waals surface area contributed by atoms with Crippen molar-refractivity contribution in [2.45, 2.75) is 51.5 Å².